The SMILES string of the molecule is CC(C)C(=O)CN1CCC(CN2CCN(CCO)CC2)CC1. The Morgan fingerprint density at radius 3 is 2.14 bits per heavy atom. The molecule has 2 rings (SSSR count). The summed E-state index contributed by atoms with van der Waals surface area (Å²) in [6.45, 7) is 13.5. The number of piperidine rings is 1. The number of Topliss-reactive ketones (excluding diaryl/α,β-unsaturated/α-hetero) is 1. The van der Waals surface area contributed by atoms with Crippen LogP contribution in [0, 0.1) is 11.8 Å². The van der Waals surface area contributed by atoms with Gasteiger partial charge in [-0.15, -0.1) is 0 Å². The number of carbonyl (C=O) groups excluding carboxylic acids is 1. The van der Waals surface area contributed by atoms with Crippen LogP contribution in [-0.4, -0.2) is 91.1 Å². The zero-order valence-corrected chi connectivity index (χ0v) is 14.3. The highest BCUT2D eigenvalue weighted by molar-refractivity contribution is 5.82. The quantitative estimate of drug-likeness (QED) is 0.743. The molecule has 5 heteroatoms. The van der Waals surface area contributed by atoms with Crippen LogP contribution >= 0.6 is 0 Å². The van der Waals surface area contributed by atoms with E-state index < -0.39 is 0 Å². The van der Waals surface area contributed by atoms with Crippen molar-refractivity contribution in [2.45, 2.75) is 26.7 Å². The van der Waals surface area contributed by atoms with Gasteiger partial charge in [-0.25, -0.2) is 0 Å². The number of nitrogens with zero attached hydrogens (tertiary/aromatic N) is 3. The lowest BCUT2D eigenvalue weighted by Crippen LogP contribution is -2.49. The second kappa shape index (κ2) is 8.96. The molecule has 1 N–H and O–H groups in total. The largest absolute Gasteiger partial charge is 0.395 e. The maximum atomic E-state index is 11.8. The van der Waals surface area contributed by atoms with Gasteiger partial charge >= 0.3 is 0 Å². The van der Waals surface area contributed by atoms with Crippen LogP contribution in [0.4, 0.5) is 0 Å². The summed E-state index contributed by atoms with van der Waals surface area (Å²) in [6, 6.07) is 0. The third kappa shape index (κ3) is 5.61. The van der Waals surface area contributed by atoms with Crippen LogP contribution in [0.1, 0.15) is 26.7 Å². The fourth-order valence-electron chi connectivity index (χ4n) is 3.43. The Labute approximate surface area is 135 Å². The molecule has 0 amide bonds. The number of ketones is 1. The van der Waals surface area contributed by atoms with E-state index in [0.717, 1.165) is 51.7 Å². The molecule has 2 fully saturated rings. The summed E-state index contributed by atoms with van der Waals surface area (Å²) < 4.78 is 0. The normalized spacial score (nSPS) is 23.3. The first kappa shape index (κ1) is 17.9. The van der Waals surface area contributed by atoms with Gasteiger partial charge in [0.25, 0.3) is 0 Å². The predicted octanol–water partition coefficient (Wildman–Crippen LogP) is 0.533. The van der Waals surface area contributed by atoms with Crippen LogP contribution in [0.25, 0.3) is 0 Å². The minimum absolute atomic E-state index is 0.160. The molecule has 22 heavy (non-hydrogen) atoms. The van der Waals surface area contributed by atoms with Gasteiger partial charge < -0.3 is 10.0 Å². The van der Waals surface area contributed by atoms with E-state index in [-0.39, 0.29) is 12.5 Å². The zero-order chi connectivity index (χ0) is 15.9. The van der Waals surface area contributed by atoms with E-state index in [1.807, 2.05) is 13.8 Å². The number of piperazine rings is 1. The number of hydrogen-bond donors (Lipinski definition) is 1. The molecule has 0 aromatic rings. The summed E-state index contributed by atoms with van der Waals surface area (Å²) in [5, 5.41) is 8.98. The van der Waals surface area contributed by atoms with Crippen LogP contribution in [0.3, 0.4) is 0 Å². The Bertz CT molecular complexity index is 333. The van der Waals surface area contributed by atoms with Gasteiger partial charge in [0, 0.05) is 45.2 Å². The number of aliphatic hydroxyl groups is 1. The molecule has 2 saturated heterocycles. The molecule has 0 spiro atoms. The lowest BCUT2D eigenvalue weighted by atomic mass is 9.95. The third-order valence-electron chi connectivity index (χ3n) is 5.13. The van der Waals surface area contributed by atoms with Crippen LogP contribution in [-0.2, 0) is 4.79 Å². The number of aliphatic hydroxyl groups excluding tert-OH is 1. The van der Waals surface area contributed by atoms with E-state index in [1.165, 1.54) is 19.4 Å². The second-order valence-corrected chi connectivity index (χ2v) is 7.21. The highest BCUT2D eigenvalue weighted by Gasteiger charge is 2.24. The topological polar surface area (TPSA) is 47.0 Å². The van der Waals surface area contributed by atoms with Gasteiger partial charge in [-0.05, 0) is 31.8 Å². The van der Waals surface area contributed by atoms with E-state index >= 15 is 0 Å². The molecule has 2 heterocycles. The molecule has 0 atom stereocenters. The van der Waals surface area contributed by atoms with Crippen molar-refractivity contribution in [3.05, 3.63) is 0 Å². The highest BCUT2D eigenvalue weighted by atomic mass is 16.3. The van der Waals surface area contributed by atoms with Gasteiger partial charge in [0.1, 0.15) is 5.78 Å². The van der Waals surface area contributed by atoms with Crippen molar-refractivity contribution >= 4 is 5.78 Å². The first-order chi connectivity index (χ1) is 10.6. The Kier molecular flexibility index (Phi) is 7.28. The number of β-amino-alcohol motifs (C(OH)–C–C–N with tert-alkyl or cyclic N) is 1. The van der Waals surface area contributed by atoms with Gasteiger partial charge in [-0.2, -0.15) is 0 Å². The molecule has 0 aromatic heterocycles. The fourth-order valence-corrected chi connectivity index (χ4v) is 3.43. The molecule has 0 aliphatic carbocycles. The lowest BCUT2D eigenvalue weighted by Gasteiger charge is -2.38. The summed E-state index contributed by atoms with van der Waals surface area (Å²) in [4.78, 5) is 19.1. The van der Waals surface area contributed by atoms with Crippen molar-refractivity contribution in [2.75, 3.05) is 65.5 Å². The highest BCUT2D eigenvalue weighted by Crippen LogP contribution is 2.19. The van der Waals surface area contributed by atoms with Crippen molar-refractivity contribution in [3.8, 4) is 0 Å². The monoisotopic (exact) mass is 311 g/mol. The Balaban J connectivity index is 1.63. The van der Waals surface area contributed by atoms with E-state index in [9.17, 15) is 4.79 Å². The first-order valence-electron chi connectivity index (χ1n) is 8.89. The van der Waals surface area contributed by atoms with Crippen molar-refractivity contribution in [3.63, 3.8) is 0 Å². The maximum absolute atomic E-state index is 11.8. The smallest absolute Gasteiger partial charge is 0.149 e. The molecule has 2 aliphatic heterocycles. The van der Waals surface area contributed by atoms with Crippen molar-refractivity contribution in [1.82, 2.24) is 14.7 Å². The number of rotatable bonds is 7. The Hall–Kier alpha value is -0.490. The van der Waals surface area contributed by atoms with E-state index in [1.54, 1.807) is 0 Å². The number of likely N-dealkylation sites (tertiary alicyclic amines) is 1. The summed E-state index contributed by atoms with van der Waals surface area (Å²) in [5.74, 6) is 1.32. The van der Waals surface area contributed by atoms with Gasteiger partial charge in [-0.1, -0.05) is 13.8 Å². The summed E-state index contributed by atoms with van der Waals surface area (Å²) >= 11 is 0. The number of carbonyl (C=O) groups is 1. The average Bonchev–Trinajstić information content (AvgIpc) is 2.51. The van der Waals surface area contributed by atoms with Crippen molar-refractivity contribution in [1.29, 1.82) is 0 Å². The fraction of sp³-hybridized carbons (Fsp3) is 0.941. The molecule has 0 saturated carbocycles. The second-order valence-electron chi connectivity index (χ2n) is 7.21. The van der Waals surface area contributed by atoms with Crippen LogP contribution in [0.2, 0.25) is 0 Å². The molecule has 0 radical (unpaired) electrons. The molecule has 0 unspecified atom stereocenters. The van der Waals surface area contributed by atoms with Crippen molar-refractivity contribution < 1.29 is 9.90 Å². The zero-order valence-electron chi connectivity index (χ0n) is 14.3. The maximum Gasteiger partial charge on any atom is 0.149 e. The molecule has 5 nitrogen and oxygen atoms in total. The molecule has 0 aromatic carbocycles. The van der Waals surface area contributed by atoms with E-state index in [4.69, 9.17) is 5.11 Å². The molecule has 128 valence electrons. The molecule has 2 aliphatic rings. The molecular weight excluding hydrogens is 278 g/mol. The number of hydrogen-bond acceptors (Lipinski definition) is 5. The van der Waals surface area contributed by atoms with Gasteiger partial charge in [0.2, 0.25) is 0 Å². The summed E-state index contributed by atoms with van der Waals surface area (Å²) in [7, 11) is 0. The standard InChI is InChI=1S/C17H33N3O2/c1-15(2)17(22)14-19-5-3-16(4-6-19)13-20-9-7-18(8-10-20)11-12-21/h15-16,21H,3-14H2,1-2H3. The van der Waals surface area contributed by atoms with Gasteiger partial charge in [0.05, 0.1) is 13.2 Å². The van der Waals surface area contributed by atoms with E-state index in [0.29, 0.717) is 12.3 Å². The molecule has 0 bridgehead atoms. The van der Waals surface area contributed by atoms with Crippen LogP contribution in [0.15, 0.2) is 0 Å². The van der Waals surface area contributed by atoms with Crippen molar-refractivity contribution in [2.24, 2.45) is 11.8 Å². The summed E-state index contributed by atoms with van der Waals surface area (Å²) in [5.41, 5.74) is 0. The first-order valence-corrected chi connectivity index (χ1v) is 8.89. The summed E-state index contributed by atoms with van der Waals surface area (Å²) in [6.07, 6.45) is 2.45. The molecular formula is C17H33N3O2. The van der Waals surface area contributed by atoms with Crippen LogP contribution in [0.5, 0.6) is 0 Å². The minimum Gasteiger partial charge on any atom is -0.395 e. The predicted molar refractivity (Wildman–Crippen MR) is 89.0 cm³/mol. The Morgan fingerprint density at radius 2 is 1.59 bits per heavy atom. The van der Waals surface area contributed by atoms with Crippen LogP contribution < -0.4 is 0 Å². The minimum atomic E-state index is 0.160. The average molecular weight is 311 g/mol. The van der Waals surface area contributed by atoms with Gasteiger partial charge in [0.15, 0.2) is 0 Å². The Morgan fingerprint density at radius 1 is 1.00 bits per heavy atom. The van der Waals surface area contributed by atoms with Gasteiger partial charge in [-0.3, -0.25) is 14.6 Å². The van der Waals surface area contributed by atoms with E-state index in [2.05, 4.69) is 14.7 Å². The third-order valence-corrected chi connectivity index (χ3v) is 5.13. The lowest BCUT2D eigenvalue weighted by molar-refractivity contribution is -0.123.